The first kappa shape index (κ1) is 15.3. The lowest BCUT2D eigenvalue weighted by molar-refractivity contribution is 0.0191. The minimum absolute atomic E-state index is 0.335. The lowest BCUT2D eigenvalue weighted by atomic mass is 10.0. The van der Waals surface area contributed by atoms with Crippen molar-refractivity contribution in [1.82, 2.24) is 20.0 Å². The van der Waals surface area contributed by atoms with Crippen LogP contribution in [0.25, 0.3) is 0 Å². The third kappa shape index (κ3) is 3.61. The largest absolute Gasteiger partial charge is 0.376 e. The van der Waals surface area contributed by atoms with E-state index in [0.29, 0.717) is 12.0 Å². The van der Waals surface area contributed by atoms with Crippen LogP contribution in [0.1, 0.15) is 37.2 Å². The summed E-state index contributed by atoms with van der Waals surface area (Å²) < 4.78 is 7.66. The van der Waals surface area contributed by atoms with Crippen molar-refractivity contribution >= 4 is 5.96 Å². The van der Waals surface area contributed by atoms with E-state index >= 15 is 0 Å². The molecule has 2 saturated heterocycles. The minimum Gasteiger partial charge on any atom is -0.376 e. The molecular weight excluding hydrogens is 278 g/mol. The molecule has 0 amide bonds. The van der Waals surface area contributed by atoms with E-state index in [1.165, 1.54) is 18.4 Å². The fraction of sp³-hybridized carbons (Fsp3) is 0.750. The summed E-state index contributed by atoms with van der Waals surface area (Å²) in [6, 6.07) is 0. The number of hydrogen-bond donors (Lipinski definition) is 1. The van der Waals surface area contributed by atoms with Gasteiger partial charge in [-0.15, -0.1) is 0 Å². The summed E-state index contributed by atoms with van der Waals surface area (Å²) in [5.41, 5.74) is 1.33. The molecule has 1 N–H and O–H groups in total. The van der Waals surface area contributed by atoms with E-state index < -0.39 is 0 Å². The first-order chi connectivity index (χ1) is 10.8. The van der Waals surface area contributed by atoms with E-state index in [1.807, 2.05) is 25.0 Å². The van der Waals surface area contributed by atoms with Crippen molar-refractivity contribution in [3.63, 3.8) is 0 Å². The average molecular weight is 305 g/mol. The van der Waals surface area contributed by atoms with Gasteiger partial charge in [-0.3, -0.25) is 9.67 Å². The van der Waals surface area contributed by atoms with Gasteiger partial charge in [0.25, 0.3) is 0 Å². The van der Waals surface area contributed by atoms with Gasteiger partial charge in [-0.2, -0.15) is 5.10 Å². The van der Waals surface area contributed by atoms with Crippen molar-refractivity contribution in [2.75, 3.05) is 33.3 Å². The quantitative estimate of drug-likeness (QED) is 0.676. The number of ether oxygens (including phenoxy) is 1. The highest BCUT2D eigenvalue weighted by Gasteiger charge is 2.27. The van der Waals surface area contributed by atoms with E-state index in [9.17, 15) is 0 Å². The molecule has 2 aliphatic heterocycles. The van der Waals surface area contributed by atoms with Crippen molar-refractivity contribution in [3.05, 3.63) is 18.0 Å². The molecule has 2 fully saturated rings. The lowest BCUT2D eigenvalue weighted by Gasteiger charge is -2.26. The standard InChI is InChI=1S/C16H27N5O/c1-17-16(18-10-15-5-3-4-8-22-15)21-7-6-13(12-21)14-9-19-20(2)11-14/h9,11,13,15H,3-8,10,12H2,1-2H3,(H,17,18). The van der Waals surface area contributed by atoms with Crippen molar-refractivity contribution in [1.29, 1.82) is 0 Å². The number of aryl methyl sites for hydroxylation is 1. The van der Waals surface area contributed by atoms with Gasteiger partial charge in [0, 0.05) is 52.5 Å². The fourth-order valence-electron chi connectivity index (χ4n) is 3.38. The molecule has 0 saturated carbocycles. The van der Waals surface area contributed by atoms with Crippen LogP contribution in [0, 0.1) is 0 Å². The maximum absolute atomic E-state index is 5.78. The fourth-order valence-corrected chi connectivity index (χ4v) is 3.38. The van der Waals surface area contributed by atoms with Gasteiger partial charge < -0.3 is 15.0 Å². The Morgan fingerprint density at radius 1 is 1.45 bits per heavy atom. The molecule has 6 nitrogen and oxygen atoms in total. The van der Waals surface area contributed by atoms with Gasteiger partial charge in [-0.1, -0.05) is 0 Å². The lowest BCUT2D eigenvalue weighted by Crippen LogP contribution is -2.44. The van der Waals surface area contributed by atoms with Crippen LogP contribution in [0.2, 0.25) is 0 Å². The average Bonchev–Trinajstić information content (AvgIpc) is 3.18. The van der Waals surface area contributed by atoms with Crippen LogP contribution >= 0.6 is 0 Å². The van der Waals surface area contributed by atoms with Crippen LogP contribution in [-0.2, 0) is 11.8 Å². The van der Waals surface area contributed by atoms with E-state index in [-0.39, 0.29) is 0 Å². The van der Waals surface area contributed by atoms with Crippen molar-refractivity contribution < 1.29 is 4.74 Å². The molecule has 0 aliphatic carbocycles. The maximum atomic E-state index is 5.78. The first-order valence-corrected chi connectivity index (χ1v) is 8.32. The van der Waals surface area contributed by atoms with Crippen LogP contribution < -0.4 is 5.32 Å². The second kappa shape index (κ2) is 7.13. The van der Waals surface area contributed by atoms with Gasteiger partial charge in [0.1, 0.15) is 0 Å². The van der Waals surface area contributed by atoms with E-state index in [2.05, 4.69) is 26.5 Å². The maximum Gasteiger partial charge on any atom is 0.193 e. The topological polar surface area (TPSA) is 54.7 Å². The molecule has 2 unspecified atom stereocenters. The van der Waals surface area contributed by atoms with Gasteiger partial charge in [0.05, 0.1) is 12.3 Å². The van der Waals surface area contributed by atoms with Crippen LogP contribution in [0.4, 0.5) is 0 Å². The second-order valence-electron chi connectivity index (χ2n) is 6.30. The number of aromatic nitrogens is 2. The highest BCUT2D eigenvalue weighted by atomic mass is 16.5. The first-order valence-electron chi connectivity index (χ1n) is 8.32. The van der Waals surface area contributed by atoms with Gasteiger partial charge in [0.2, 0.25) is 0 Å². The van der Waals surface area contributed by atoms with Crippen LogP contribution in [0.5, 0.6) is 0 Å². The molecular formula is C16H27N5O. The van der Waals surface area contributed by atoms with Gasteiger partial charge in [0.15, 0.2) is 5.96 Å². The Morgan fingerprint density at radius 2 is 2.36 bits per heavy atom. The Balaban J connectivity index is 1.51. The number of rotatable bonds is 3. The molecule has 122 valence electrons. The molecule has 0 bridgehead atoms. The normalized spacial score (nSPS) is 26.5. The van der Waals surface area contributed by atoms with Crippen LogP contribution in [-0.4, -0.2) is 60.0 Å². The number of hydrogen-bond acceptors (Lipinski definition) is 3. The highest BCUT2D eigenvalue weighted by molar-refractivity contribution is 5.80. The zero-order valence-electron chi connectivity index (χ0n) is 13.7. The predicted octanol–water partition coefficient (Wildman–Crippen LogP) is 1.35. The Kier molecular flexibility index (Phi) is 4.97. The Hall–Kier alpha value is -1.56. The van der Waals surface area contributed by atoms with Crippen molar-refractivity contribution in [2.24, 2.45) is 12.0 Å². The molecule has 2 aliphatic rings. The summed E-state index contributed by atoms with van der Waals surface area (Å²) in [4.78, 5) is 6.79. The molecule has 1 aromatic rings. The Morgan fingerprint density at radius 3 is 3.05 bits per heavy atom. The number of likely N-dealkylation sites (tertiary alicyclic amines) is 1. The van der Waals surface area contributed by atoms with Crippen LogP contribution in [0.15, 0.2) is 17.4 Å². The summed E-state index contributed by atoms with van der Waals surface area (Å²) in [6.07, 6.45) is 9.24. The van der Waals surface area contributed by atoms with E-state index in [4.69, 9.17) is 4.74 Å². The third-order valence-electron chi connectivity index (χ3n) is 4.66. The molecule has 0 spiro atoms. The Labute approximate surface area is 132 Å². The molecule has 3 heterocycles. The summed E-state index contributed by atoms with van der Waals surface area (Å²) >= 11 is 0. The van der Waals surface area contributed by atoms with Gasteiger partial charge >= 0.3 is 0 Å². The number of guanidine groups is 1. The molecule has 3 rings (SSSR count). The molecule has 0 radical (unpaired) electrons. The Bertz CT molecular complexity index is 506. The van der Waals surface area contributed by atoms with Gasteiger partial charge in [-0.25, -0.2) is 0 Å². The van der Waals surface area contributed by atoms with E-state index in [0.717, 1.165) is 45.0 Å². The minimum atomic E-state index is 0.335. The number of nitrogens with one attached hydrogen (secondary N) is 1. The van der Waals surface area contributed by atoms with E-state index in [1.54, 1.807) is 0 Å². The number of aliphatic imine (C=N–C) groups is 1. The monoisotopic (exact) mass is 305 g/mol. The zero-order valence-corrected chi connectivity index (χ0v) is 13.7. The van der Waals surface area contributed by atoms with Gasteiger partial charge in [-0.05, 0) is 31.2 Å². The summed E-state index contributed by atoms with van der Waals surface area (Å²) in [6.45, 7) is 3.82. The predicted molar refractivity (Wildman–Crippen MR) is 87.1 cm³/mol. The zero-order chi connectivity index (χ0) is 15.4. The molecule has 1 aromatic heterocycles. The number of nitrogens with zero attached hydrogens (tertiary/aromatic N) is 4. The molecule has 2 atom stereocenters. The van der Waals surface area contributed by atoms with Crippen molar-refractivity contribution in [3.8, 4) is 0 Å². The molecule has 0 aromatic carbocycles. The molecule has 6 heteroatoms. The SMILES string of the molecule is CN=C(NCC1CCCCO1)N1CCC(c2cnn(C)c2)C1. The molecule has 22 heavy (non-hydrogen) atoms. The second-order valence-corrected chi connectivity index (χ2v) is 6.30. The summed E-state index contributed by atoms with van der Waals surface area (Å²) in [5, 5.41) is 7.77. The smallest absolute Gasteiger partial charge is 0.193 e. The van der Waals surface area contributed by atoms with Crippen molar-refractivity contribution in [2.45, 2.75) is 37.7 Å². The third-order valence-corrected chi connectivity index (χ3v) is 4.66. The summed E-state index contributed by atoms with van der Waals surface area (Å²) in [7, 11) is 3.84. The van der Waals surface area contributed by atoms with Crippen LogP contribution in [0.3, 0.4) is 0 Å². The summed E-state index contributed by atoms with van der Waals surface area (Å²) in [5.74, 6) is 1.55. The highest BCUT2D eigenvalue weighted by Crippen LogP contribution is 2.26.